The second-order valence-electron chi connectivity index (χ2n) is 6.96. The summed E-state index contributed by atoms with van der Waals surface area (Å²) in [5.41, 5.74) is 1.99. The van der Waals surface area contributed by atoms with Crippen molar-refractivity contribution in [3.05, 3.63) is 54.1 Å². The number of carbonyl (C=O) groups excluding carboxylic acids is 1. The van der Waals surface area contributed by atoms with E-state index in [1.165, 1.54) is 0 Å². The Bertz CT molecular complexity index is 958. The molecule has 1 unspecified atom stereocenters. The van der Waals surface area contributed by atoms with E-state index in [0.29, 0.717) is 17.8 Å². The van der Waals surface area contributed by atoms with Crippen LogP contribution in [0.3, 0.4) is 0 Å². The number of piperazine rings is 1. The Morgan fingerprint density at radius 3 is 2.55 bits per heavy atom. The largest absolute Gasteiger partial charge is 0.497 e. The van der Waals surface area contributed by atoms with E-state index in [4.69, 9.17) is 4.74 Å². The molecule has 0 aliphatic carbocycles. The average Bonchev–Trinajstić information content (AvgIpc) is 2.71. The van der Waals surface area contributed by atoms with Crippen LogP contribution in [0.4, 0.5) is 11.4 Å². The van der Waals surface area contributed by atoms with E-state index in [1.807, 2.05) is 18.2 Å². The molecule has 1 aliphatic rings. The second-order valence-corrected chi connectivity index (χ2v) is 8.71. The highest BCUT2D eigenvalue weighted by Crippen LogP contribution is 2.21. The molecular formula is C20H28Cl2N4O4S. The number of ether oxygens (including phenoxy) is 1. The molecule has 11 heteroatoms. The average molecular weight is 491 g/mol. The smallest absolute Gasteiger partial charge is 0.251 e. The Kier molecular flexibility index (Phi) is 10.4. The van der Waals surface area contributed by atoms with Gasteiger partial charge in [0.2, 0.25) is 10.0 Å². The van der Waals surface area contributed by atoms with Crippen LogP contribution in [0.2, 0.25) is 0 Å². The van der Waals surface area contributed by atoms with Gasteiger partial charge in [0, 0.05) is 55.2 Å². The topological polar surface area (TPSA) is 99.8 Å². The first-order chi connectivity index (χ1) is 13.8. The van der Waals surface area contributed by atoms with Crippen molar-refractivity contribution in [2.75, 3.05) is 49.2 Å². The molecule has 1 amide bonds. The Hall–Kier alpha value is -2.20. The first kappa shape index (κ1) is 26.8. The minimum absolute atomic E-state index is 0. The molecule has 0 aromatic heterocycles. The zero-order valence-electron chi connectivity index (χ0n) is 17.3. The van der Waals surface area contributed by atoms with Gasteiger partial charge in [-0.2, -0.15) is 0 Å². The van der Waals surface area contributed by atoms with E-state index in [-0.39, 0.29) is 36.8 Å². The Balaban J connectivity index is 0.00000240. The number of benzene rings is 2. The molecule has 1 aliphatic heterocycles. The van der Waals surface area contributed by atoms with Gasteiger partial charge in [-0.25, -0.2) is 8.42 Å². The maximum atomic E-state index is 12.4. The molecule has 3 rings (SSSR count). The number of hydrogen-bond donors (Lipinski definition) is 3. The zero-order chi connectivity index (χ0) is 20.9. The normalized spacial score (nSPS) is 15.8. The number of carbonyl (C=O) groups is 1. The molecule has 8 nitrogen and oxygen atoms in total. The van der Waals surface area contributed by atoms with Crippen molar-refractivity contribution in [3.63, 3.8) is 0 Å². The fraction of sp³-hybridized carbons (Fsp3) is 0.350. The number of rotatable bonds is 7. The first-order valence-corrected chi connectivity index (χ1v) is 11.2. The first-order valence-electron chi connectivity index (χ1n) is 9.32. The summed E-state index contributed by atoms with van der Waals surface area (Å²) in [7, 11) is -1.69. The number of sulfonamides is 1. The van der Waals surface area contributed by atoms with Gasteiger partial charge in [-0.05, 0) is 36.4 Å². The molecule has 31 heavy (non-hydrogen) atoms. The monoisotopic (exact) mass is 490 g/mol. The SMILES string of the molecule is COc1cccc(N2CCNC(CNC(=O)c3ccc(NS(C)(=O)=O)cc3)C2)c1.Cl.Cl. The summed E-state index contributed by atoms with van der Waals surface area (Å²) in [5, 5.41) is 6.36. The van der Waals surface area contributed by atoms with E-state index < -0.39 is 10.0 Å². The van der Waals surface area contributed by atoms with Gasteiger partial charge in [0.05, 0.1) is 13.4 Å². The molecule has 1 heterocycles. The number of methoxy groups -OCH3 is 1. The molecule has 0 spiro atoms. The van der Waals surface area contributed by atoms with Crippen LogP contribution >= 0.6 is 24.8 Å². The van der Waals surface area contributed by atoms with Crippen LogP contribution in [0, 0.1) is 0 Å². The number of anilines is 2. The van der Waals surface area contributed by atoms with Gasteiger partial charge >= 0.3 is 0 Å². The maximum Gasteiger partial charge on any atom is 0.251 e. The van der Waals surface area contributed by atoms with Crippen molar-refractivity contribution in [2.45, 2.75) is 6.04 Å². The molecule has 1 saturated heterocycles. The molecule has 3 N–H and O–H groups in total. The Labute approximate surface area is 195 Å². The van der Waals surface area contributed by atoms with Crippen molar-refractivity contribution >= 4 is 52.1 Å². The minimum Gasteiger partial charge on any atom is -0.497 e. The van der Waals surface area contributed by atoms with Gasteiger partial charge in [-0.15, -0.1) is 24.8 Å². The van der Waals surface area contributed by atoms with Crippen LogP contribution in [0.15, 0.2) is 48.5 Å². The highest BCUT2D eigenvalue weighted by molar-refractivity contribution is 7.92. The van der Waals surface area contributed by atoms with Gasteiger partial charge in [0.1, 0.15) is 5.75 Å². The molecule has 0 radical (unpaired) electrons. The standard InChI is InChI=1S/C20H26N4O4S.2ClH/c1-28-19-5-3-4-18(12-19)24-11-10-21-17(14-24)13-22-20(25)15-6-8-16(9-7-15)23-29(2,26)27;;/h3-9,12,17,21,23H,10-11,13-14H2,1-2H3,(H,22,25);2*1H. The summed E-state index contributed by atoms with van der Waals surface area (Å²) in [6, 6.07) is 14.4. The minimum atomic E-state index is -3.34. The molecular weight excluding hydrogens is 463 g/mol. The van der Waals surface area contributed by atoms with Crippen LogP contribution in [-0.4, -0.2) is 59.9 Å². The maximum absolute atomic E-state index is 12.4. The lowest BCUT2D eigenvalue weighted by Gasteiger charge is -2.35. The molecule has 2 aromatic rings. The van der Waals surface area contributed by atoms with E-state index in [1.54, 1.807) is 31.4 Å². The highest BCUT2D eigenvalue weighted by atomic mass is 35.5. The molecule has 1 fully saturated rings. The van der Waals surface area contributed by atoms with E-state index >= 15 is 0 Å². The molecule has 0 bridgehead atoms. The van der Waals surface area contributed by atoms with Crippen molar-refractivity contribution in [3.8, 4) is 5.75 Å². The van der Waals surface area contributed by atoms with E-state index in [9.17, 15) is 13.2 Å². The molecule has 2 aromatic carbocycles. The number of halogens is 2. The molecule has 172 valence electrons. The third kappa shape index (κ3) is 8.10. The summed E-state index contributed by atoms with van der Waals surface area (Å²) in [6.07, 6.45) is 1.08. The lowest BCUT2D eigenvalue weighted by Crippen LogP contribution is -2.55. The Morgan fingerprint density at radius 1 is 1.19 bits per heavy atom. The van der Waals surface area contributed by atoms with Gasteiger partial charge in [0.25, 0.3) is 5.91 Å². The predicted molar refractivity (Wildman–Crippen MR) is 129 cm³/mol. The van der Waals surface area contributed by atoms with Gasteiger partial charge in [-0.1, -0.05) is 6.07 Å². The van der Waals surface area contributed by atoms with Crippen LogP contribution in [0.25, 0.3) is 0 Å². The summed E-state index contributed by atoms with van der Waals surface area (Å²) in [6.45, 7) is 2.96. The highest BCUT2D eigenvalue weighted by Gasteiger charge is 2.20. The Morgan fingerprint density at radius 2 is 1.90 bits per heavy atom. The third-order valence-corrected chi connectivity index (χ3v) is 5.24. The summed E-state index contributed by atoms with van der Waals surface area (Å²) in [4.78, 5) is 14.7. The summed E-state index contributed by atoms with van der Waals surface area (Å²) < 4.78 is 30.2. The third-order valence-electron chi connectivity index (χ3n) is 4.63. The zero-order valence-corrected chi connectivity index (χ0v) is 19.8. The van der Waals surface area contributed by atoms with Crippen LogP contribution < -0.4 is 25.0 Å². The lowest BCUT2D eigenvalue weighted by molar-refractivity contribution is 0.0949. The van der Waals surface area contributed by atoms with Crippen LogP contribution in [-0.2, 0) is 10.0 Å². The number of nitrogens with one attached hydrogen (secondary N) is 3. The lowest BCUT2D eigenvalue weighted by atomic mass is 10.1. The van der Waals surface area contributed by atoms with Crippen molar-refractivity contribution < 1.29 is 17.9 Å². The fourth-order valence-corrected chi connectivity index (χ4v) is 3.79. The molecule has 0 saturated carbocycles. The quantitative estimate of drug-likeness (QED) is 0.549. The van der Waals surface area contributed by atoms with Crippen molar-refractivity contribution in [1.82, 2.24) is 10.6 Å². The van der Waals surface area contributed by atoms with Crippen LogP contribution in [0.1, 0.15) is 10.4 Å². The number of hydrogen-bond acceptors (Lipinski definition) is 6. The van der Waals surface area contributed by atoms with Crippen molar-refractivity contribution in [1.29, 1.82) is 0 Å². The predicted octanol–water partition coefficient (Wildman–Crippen LogP) is 2.12. The van der Waals surface area contributed by atoms with Crippen LogP contribution in [0.5, 0.6) is 5.75 Å². The van der Waals surface area contributed by atoms with Gasteiger partial charge < -0.3 is 20.3 Å². The fourth-order valence-electron chi connectivity index (χ4n) is 3.23. The van der Waals surface area contributed by atoms with E-state index in [2.05, 4.69) is 26.3 Å². The number of nitrogens with zero attached hydrogens (tertiary/aromatic N) is 1. The molecule has 1 atom stereocenters. The van der Waals surface area contributed by atoms with E-state index in [0.717, 1.165) is 37.3 Å². The second kappa shape index (κ2) is 12.0. The summed E-state index contributed by atoms with van der Waals surface area (Å²) in [5.74, 6) is 0.621. The van der Waals surface area contributed by atoms with Gasteiger partial charge in [-0.3, -0.25) is 9.52 Å². The van der Waals surface area contributed by atoms with Gasteiger partial charge in [0.15, 0.2) is 0 Å². The summed E-state index contributed by atoms with van der Waals surface area (Å²) >= 11 is 0. The van der Waals surface area contributed by atoms with Crippen molar-refractivity contribution in [2.24, 2.45) is 0 Å². The number of amides is 1.